The monoisotopic (exact) mass is 287 g/mol. The van der Waals surface area contributed by atoms with E-state index in [4.69, 9.17) is 5.73 Å². The summed E-state index contributed by atoms with van der Waals surface area (Å²) in [4.78, 5) is 16.2. The highest BCUT2D eigenvalue weighted by Gasteiger charge is 2.09. The fourth-order valence-corrected chi connectivity index (χ4v) is 2.59. The molecule has 3 N–H and O–H groups in total. The van der Waals surface area contributed by atoms with Crippen LogP contribution in [-0.2, 0) is 0 Å². The largest absolute Gasteiger partial charge is 0.375 e. The number of halogens is 1. The Hall–Kier alpha value is -2.47. The van der Waals surface area contributed by atoms with Crippen molar-refractivity contribution in [3.63, 3.8) is 0 Å². The van der Waals surface area contributed by atoms with E-state index in [0.717, 1.165) is 10.2 Å². The fraction of sp³-hybridized carbons (Fsp3) is 0. The van der Waals surface area contributed by atoms with Crippen molar-refractivity contribution in [2.45, 2.75) is 0 Å². The summed E-state index contributed by atoms with van der Waals surface area (Å²) in [5.41, 5.74) is 7.44. The van der Waals surface area contributed by atoms with Gasteiger partial charge in [-0.25, -0.2) is 9.37 Å². The first-order chi connectivity index (χ1) is 9.61. The van der Waals surface area contributed by atoms with Gasteiger partial charge in [0.15, 0.2) is 5.13 Å². The fourth-order valence-electron chi connectivity index (χ4n) is 1.82. The first-order valence-electron chi connectivity index (χ1n) is 5.85. The smallest absolute Gasteiger partial charge is 0.255 e. The van der Waals surface area contributed by atoms with Gasteiger partial charge in [0.1, 0.15) is 5.82 Å². The average Bonchev–Trinajstić information content (AvgIpc) is 2.80. The van der Waals surface area contributed by atoms with Crippen molar-refractivity contribution in [2.75, 3.05) is 11.1 Å². The number of benzene rings is 2. The first-order valence-corrected chi connectivity index (χ1v) is 6.66. The molecular formula is C14H10FN3OS. The van der Waals surface area contributed by atoms with E-state index in [9.17, 15) is 9.18 Å². The number of nitrogens with one attached hydrogen (secondary N) is 1. The van der Waals surface area contributed by atoms with Gasteiger partial charge in [-0.3, -0.25) is 4.79 Å². The van der Waals surface area contributed by atoms with Crippen LogP contribution in [0.1, 0.15) is 10.4 Å². The van der Waals surface area contributed by atoms with Crippen molar-refractivity contribution < 1.29 is 9.18 Å². The second-order valence-electron chi connectivity index (χ2n) is 4.20. The average molecular weight is 287 g/mol. The molecule has 0 saturated heterocycles. The number of hydrogen-bond donors (Lipinski definition) is 2. The maximum absolute atomic E-state index is 12.8. The van der Waals surface area contributed by atoms with Crippen LogP contribution in [-0.4, -0.2) is 10.9 Å². The van der Waals surface area contributed by atoms with Crippen molar-refractivity contribution in [3.8, 4) is 0 Å². The van der Waals surface area contributed by atoms with E-state index in [-0.39, 0.29) is 11.7 Å². The molecule has 20 heavy (non-hydrogen) atoms. The highest BCUT2D eigenvalue weighted by molar-refractivity contribution is 7.22. The minimum atomic E-state index is -0.343. The predicted molar refractivity (Wildman–Crippen MR) is 78.4 cm³/mol. The summed E-state index contributed by atoms with van der Waals surface area (Å²) in [5.74, 6) is -0.602. The quantitative estimate of drug-likeness (QED) is 0.760. The Labute approximate surface area is 118 Å². The first kappa shape index (κ1) is 12.6. The van der Waals surface area contributed by atoms with Gasteiger partial charge < -0.3 is 11.1 Å². The number of nitrogens with zero attached hydrogens (tertiary/aromatic N) is 1. The van der Waals surface area contributed by atoms with Crippen LogP contribution in [0.2, 0.25) is 0 Å². The maximum atomic E-state index is 12.8. The van der Waals surface area contributed by atoms with Crippen LogP contribution in [0.15, 0.2) is 42.5 Å². The standard InChI is InChI=1S/C14H10FN3OS/c15-9-2-4-10(5-3-9)17-13(19)8-1-6-11-12(7-8)20-14(16)18-11/h1-7H,(H2,16,18)(H,17,19). The van der Waals surface area contributed by atoms with Gasteiger partial charge >= 0.3 is 0 Å². The van der Waals surface area contributed by atoms with Gasteiger partial charge in [-0.15, -0.1) is 0 Å². The number of thiazole rings is 1. The lowest BCUT2D eigenvalue weighted by Crippen LogP contribution is -2.11. The zero-order chi connectivity index (χ0) is 14.1. The third-order valence-corrected chi connectivity index (χ3v) is 3.62. The van der Waals surface area contributed by atoms with Gasteiger partial charge in [0.2, 0.25) is 0 Å². The maximum Gasteiger partial charge on any atom is 0.255 e. The number of aromatic nitrogens is 1. The summed E-state index contributed by atoms with van der Waals surface area (Å²) in [6.45, 7) is 0. The Morgan fingerprint density at radius 2 is 1.95 bits per heavy atom. The molecular weight excluding hydrogens is 277 g/mol. The zero-order valence-electron chi connectivity index (χ0n) is 10.3. The van der Waals surface area contributed by atoms with Crippen LogP contribution in [0.25, 0.3) is 10.2 Å². The highest BCUT2D eigenvalue weighted by atomic mass is 32.1. The van der Waals surface area contributed by atoms with Gasteiger partial charge in [0.05, 0.1) is 10.2 Å². The second kappa shape index (κ2) is 4.90. The number of amides is 1. The van der Waals surface area contributed by atoms with Crippen LogP contribution >= 0.6 is 11.3 Å². The van der Waals surface area contributed by atoms with Crippen molar-refractivity contribution in [1.82, 2.24) is 4.98 Å². The van der Waals surface area contributed by atoms with E-state index < -0.39 is 0 Å². The zero-order valence-corrected chi connectivity index (χ0v) is 11.1. The van der Waals surface area contributed by atoms with Gasteiger partial charge in [-0.2, -0.15) is 0 Å². The number of hydrogen-bond acceptors (Lipinski definition) is 4. The number of nitrogens with two attached hydrogens (primary N) is 1. The molecule has 1 aromatic heterocycles. The number of nitrogen functional groups attached to an aromatic ring is 1. The Kier molecular flexibility index (Phi) is 3.08. The van der Waals surface area contributed by atoms with Gasteiger partial charge in [-0.05, 0) is 42.5 Å². The molecule has 0 saturated carbocycles. The molecule has 1 heterocycles. The molecule has 2 aromatic carbocycles. The molecule has 0 spiro atoms. The molecule has 0 bridgehead atoms. The molecule has 4 nitrogen and oxygen atoms in total. The molecule has 0 aliphatic heterocycles. The van der Waals surface area contributed by atoms with E-state index in [1.54, 1.807) is 18.2 Å². The van der Waals surface area contributed by atoms with Gasteiger partial charge in [-0.1, -0.05) is 11.3 Å². The Morgan fingerprint density at radius 1 is 1.20 bits per heavy atom. The van der Waals surface area contributed by atoms with Crippen LogP contribution < -0.4 is 11.1 Å². The van der Waals surface area contributed by atoms with Crippen LogP contribution in [0.5, 0.6) is 0 Å². The molecule has 0 aliphatic rings. The molecule has 0 fully saturated rings. The third-order valence-electron chi connectivity index (χ3n) is 2.77. The molecule has 0 unspecified atom stereocenters. The molecule has 0 radical (unpaired) electrons. The molecule has 0 aliphatic carbocycles. The number of carbonyl (C=O) groups is 1. The number of anilines is 2. The van der Waals surface area contributed by atoms with Crippen molar-refractivity contribution in [3.05, 3.63) is 53.8 Å². The lowest BCUT2D eigenvalue weighted by Gasteiger charge is -2.05. The summed E-state index contributed by atoms with van der Waals surface area (Å²) in [5, 5.41) is 3.17. The van der Waals surface area contributed by atoms with E-state index in [1.807, 2.05) is 0 Å². The van der Waals surface area contributed by atoms with Crippen LogP contribution in [0.4, 0.5) is 15.2 Å². The topological polar surface area (TPSA) is 68.0 Å². The normalized spacial score (nSPS) is 10.7. The lowest BCUT2D eigenvalue weighted by molar-refractivity contribution is 0.102. The minimum absolute atomic E-state index is 0.259. The molecule has 3 rings (SSSR count). The Morgan fingerprint density at radius 3 is 2.70 bits per heavy atom. The van der Waals surface area contributed by atoms with Gasteiger partial charge in [0, 0.05) is 11.3 Å². The van der Waals surface area contributed by atoms with Gasteiger partial charge in [0.25, 0.3) is 5.91 Å². The Balaban J connectivity index is 1.86. The SMILES string of the molecule is Nc1nc2ccc(C(=O)Nc3ccc(F)cc3)cc2s1. The number of carbonyl (C=O) groups excluding carboxylic acids is 1. The summed E-state index contributed by atoms with van der Waals surface area (Å²) in [7, 11) is 0. The summed E-state index contributed by atoms with van der Waals surface area (Å²) < 4.78 is 13.6. The second-order valence-corrected chi connectivity index (χ2v) is 5.26. The van der Waals surface area contributed by atoms with E-state index in [1.165, 1.54) is 35.6 Å². The van der Waals surface area contributed by atoms with Crippen LogP contribution in [0, 0.1) is 5.82 Å². The lowest BCUT2D eigenvalue weighted by atomic mass is 10.2. The summed E-state index contributed by atoms with van der Waals surface area (Å²) in [6, 6.07) is 10.8. The van der Waals surface area contributed by atoms with E-state index in [2.05, 4.69) is 10.3 Å². The Bertz CT molecular complexity index is 783. The molecule has 3 aromatic rings. The van der Waals surface area contributed by atoms with E-state index in [0.29, 0.717) is 16.4 Å². The third kappa shape index (κ3) is 2.46. The highest BCUT2D eigenvalue weighted by Crippen LogP contribution is 2.25. The molecule has 100 valence electrons. The summed E-state index contributed by atoms with van der Waals surface area (Å²) >= 11 is 1.33. The van der Waals surface area contributed by atoms with Crippen molar-refractivity contribution in [1.29, 1.82) is 0 Å². The molecule has 0 atom stereocenters. The predicted octanol–water partition coefficient (Wildman–Crippen LogP) is 3.27. The number of fused-ring (bicyclic) bond motifs is 1. The summed E-state index contributed by atoms with van der Waals surface area (Å²) in [6.07, 6.45) is 0. The molecule has 6 heteroatoms. The van der Waals surface area contributed by atoms with Crippen molar-refractivity contribution >= 4 is 38.3 Å². The van der Waals surface area contributed by atoms with E-state index >= 15 is 0 Å². The van der Waals surface area contributed by atoms with Crippen molar-refractivity contribution in [2.24, 2.45) is 0 Å². The number of rotatable bonds is 2. The van der Waals surface area contributed by atoms with Crippen LogP contribution in [0.3, 0.4) is 0 Å². The minimum Gasteiger partial charge on any atom is -0.375 e. The molecule has 1 amide bonds.